The number of hydrogen-bond acceptors (Lipinski definition) is 4. The van der Waals surface area contributed by atoms with E-state index in [1.54, 1.807) is 13.8 Å². The van der Waals surface area contributed by atoms with Gasteiger partial charge in [0.25, 0.3) is 5.91 Å². The Bertz CT molecular complexity index is 1040. The van der Waals surface area contributed by atoms with Crippen molar-refractivity contribution in [1.29, 1.82) is 5.26 Å². The van der Waals surface area contributed by atoms with Crippen molar-refractivity contribution in [3.8, 4) is 22.9 Å². The first kappa shape index (κ1) is 25.2. The number of nitrogens with zero attached hydrogens (tertiary/aromatic N) is 3. The van der Waals surface area contributed by atoms with Crippen molar-refractivity contribution >= 4 is 5.91 Å². The summed E-state index contributed by atoms with van der Waals surface area (Å²) >= 11 is 0. The van der Waals surface area contributed by atoms with Gasteiger partial charge in [-0.25, -0.2) is 4.39 Å². The smallest absolute Gasteiger partial charge is 0.253 e. The van der Waals surface area contributed by atoms with Crippen LogP contribution in [-0.2, 0) is 0 Å². The second-order valence-electron chi connectivity index (χ2n) is 10.5. The van der Waals surface area contributed by atoms with Gasteiger partial charge in [0.1, 0.15) is 17.5 Å². The number of hydrogen-bond donors (Lipinski definition) is 0. The van der Waals surface area contributed by atoms with Crippen molar-refractivity contribution in [2.24, 2.45) is 5.92 Å². The summed E-state index contributed by atoms with van der Waals surface area (Å²) in [5.74, 6) is 1.10. The Balaban J connectivity index is 1.34. The molecule has 0 spiro atoms. The van der Waals surface area contributed by atoms with Crippen molar-refractivity contribution in [3.05, 3.63) is 53.6 Å². The zero-order chi connectivity index (χ0) is 24.8. The van der Waals surface area contributed by atoms with Gasteiger partial charge in [-0.1, -0.05) is 18.2 Å². The minimum Gasteiger partial charge on any atom is -0.492 e. The lowest BCUT2D eigenvalue weighted by Gasteiger charge is -2.34. The molecule has 35 heavy (non-hydrogen) atoms. The molecule has 2 aliphatic heterocycles. The van der Waals surface area contributed by atoms with Gasteiger partial charge in [0.15, 0.2) is 0 Å². The fraction of sp³-hybridized carbons (Fsp3) is 0.517. The standard InChI is InChI=1S/C29H36FN3O2/c1-29(2,30)21-32-16-12-22(13-17-32)20-35-27-11-10-25(18-26(27)19-31)23-6-8-24(9-7-23)28(34)33-14-4-3-5-15-33/h6-11,18,22H,3-5,12-17,20-21H2,1-2H3. The van der Waals surface area contributed by atoms with Crippen LogP contribution in [0.25, 0.3) is 11.1 Å². The highest BCUT2D eigenvalue weighted by atomic mass is 19.1. The molecule has 6 heteroatoms. The molecular formula is C29H36FN3O2. The number of likely N-dealkylation sites (tertiary alicyclic amines) is 2. The highest BCUT2D eigenvalue weighted by Gasteiger charge is 2.25. The summed E-state index contributed by atoms with van der Waals surface area (Å²) in [6.45, 7) is 7.70. The highest BCUT2D eigenvalue weighted by molar-refractivity contribution is 5.94. The molecular weight excluding hydrogens is 441 g/mol. The number of halogens is 1. The predicted molar refractivity (Wildman–Crippen MR) is 136 cm³/mol. The van der Waals surface area contributed by atoms with Crippen LogP contribution in [-0.4, -0.2) is 60.7 Å². The quantitative estimate of drug-likeness (QED) is 0.514. The van der Waals surface area contributed by atoms with Crippen LogP contribution in [0.2, 0.25) is 0 Å². The van der Waals surface area contributed by atoms with Crippen LogP contribution in [0, 0.1) is 17.2 Å². The number of carbonyl (C=O) groups excluding carboxylic acids is 1. The molecule has 186 valence electrons. The van der Waals surface area contributed by atoms with Crippen molar-refractivity contribution in [2.75, 3.05) is 39.3 Å². The first-order valence-corrected chi connectivity index (χ1v) is 12.8. The number of nitriles is 1. The zero-order valence-corrected chi connectivity index (χ0v) is 20.9. The van der Waals surface area contributed by atoms with E-state index in [1.165, 1.54) is 6.42 Å². The molecule has 0 atom stereocenters. The van der Waals surface area contributed by atoms with Gasteiger partial charge in [0.05, 0.1) is 12.2 Å². The Hall–Kier alpha value is -2.91. The summed E-state index contributed by atoms with van der Waals surface area (Å²) in [5, 5.41) is 9.71. The average Bonchev–Trinajstić information content (AvgIpc) is 2.87. The van der Waals surface area contributed by atoms with E-state index in [0.29, 0.717) is 35.9 Å². The Morgan fingerprint density at radius 2 is 1.69 bits per heavy atom. The number of ether oxygens (including phenoxy) is 1. The number of alkyl halides is 1. The molecule has 0 radical (unpaired) electrons. The van der Waals surface area contributed by atoms with Gasteiger partial charge in [0.2, 0.25) is 0 Å². The third-order valence-corrected chi connectivity index (χ3v) is 6.99. The molecule has 2 heterocycles. The van der Waals surface area contributed by atoms with Crippen LogP contribution >= 0.6 is 0 Å². The van der Waals surface area contributed by atoms with Crippen LogP contribution in [0.3, 0.4) is 0 Å². The van der Waals surface area contributed by atoms with Gasteiger partial charge < -0.3 is 14.5 Å². The van der Waals surface area contributed by atoms with E-state index in [4.69, 9.17) is 4.74 Å². The third kappa shape index (κ3) is 6.82. The second kappa shape index (κ2) is 11.2. The van der Waals surface area contributed by atoms with Gasteiger partial charge in [-0.05, 0) is 100 Å². The topological polar surface area (TPSA) is 56.6 Å². The van der Waals surface area contributed by atoms with Gasteiger partial charge in [0, 0.05) is 25.2 Å². The average molecular weight is 478 g/mol. The molecule has 4 rings (SSSR count). The van der Waals surface area contributed by atoms with Gasteiger partial charge >= 0.3 is 0 Å². The molecule has 0 aromatic heterocycles. The molecule has 2 aromatic rings. The van der Waals surface area contributed by atoms with E-state index >= 15 is 0 Å². The molecule has 0 bridgehead atoms. The predicted octanol–water partition coefficient (Wildman–Crippen LogP) is 5.69. The van der Waals surface area contributed by atoms with Gasteiger partial charge in [-0.2, -0.15) is 5.26 Å². The van der Waals surface area contributed by atoms with E-state index in [0.717, 1.165) is 63.0 Å². The lowest BCUT2D eigenvalue weighted by Crippen LogP contribution is -2.41. The number of carbonyl (C=O) groups is 1. The minimum atomic E-state index is -1.17. The van der Waals surface area contributed by atoms with Crippen molar-refractivity contribution in [2.45, 2.75) is 51.6 Å². The molecule has 2 fully saturated rings. The van der Waals surface area contributed by atoms with Crippen LogP contribution in [0.4, 0.5) is 4.39 Å². The summed E-state index contributed by atoms with van der Waals surface area (Å²) in [4.78, 5) is 16.8. The minimum absolute atomic E-state index is 0.0944. The molecule has 0 N–H and O–H groups in total. The molecule has 2 aromatic carbocycles. The van der Waals surface area contributed by atoms with E-state index in [1.807, 2.05) is 47.4 Å². The number of rotatable bonds is 7. The van der Waals surface area contributed by atoms with E-state index in [9.17, 15) is 14.4 Å². The van der Waals surface area contributed by atoms with Crippen LogP contribution in [0.15, 0.2) is 42.5 Å². The van der Waals surface area contributed by atoms with Crippen LogP contribution in [0.1, 0.15) is 61.9 Å². The highest BCUT2D eigenvalue weighted by Crippen LogP contribution is 2.28. The monoisotopic (exact) mass is 477 g/mol. The summed E-state index contributed by atoms with van der Waals surface area (Å²) in [6, 6.07) is 15.6. The largest absolute Gasteiger partial charge is 0.492 e. The Morgan fingerprint density at radius 3 is 2.31 bits per heavy atom. The maximum absolute atomic E-state index is 13.9. The second-order valence-corrected chi connectivity index (χ2v) is 10.5. The SMILES string of the molecule is CC(C)(F)CN1CCC(COc2ccc(-c3ccc(C(=O)N4CCCCC4)cc3)cc2C#N)CC1. The van der Waals surface area contributed by atoms with Crippen molar-refractivity contribution in [3.63, 3.8) is 0 Å². The summed E-state index contributed by atoms with van der Waals surface area (Å²) in [7, 11) is 0. The summed E-state index contributed by atoms with van der Waals surface area (Å²) < 4.78 is 19.9. The third-order valence-electron chi connectivity index (χ3n) is 6.99. The molecule has 0 saturated carbocycles. The first-order chi connectivity index (χ1) is 16.8. The van der Waals surface area contributed by atoms with E-state index in [-0.39, 0.29) is 5.91 Å². The van der Waals surface area contributed by atoms with Gasteiger partial charge in [-0.15, -0.1) is 0 Å². The molecule has 5 nitrogen and oxygen atoms in total. The summed E-state index contributed by atoms with van der Waals surface area (Å²) in [6.07, 6.45) is 5.29. The van der Waals surface area contributed by atoms with Crippen LogP contribution < -0.4 is 4.74 Å². The first-order valence-electron chi connectivity index (χ1n) is 12.8. The fourth-order valence-corrected chi connectivity index (χ4v) is 5.06. The molecule has 2 saturated heterocycles. The summed E-state index contributed by atoms with van der Waals surface area (Å²) in [5.41, 5.74) is 1.93. The number of benzene rings is 2. The molecule has 1 amide bonds. The fourth-order valence-electron chi connectivity index (χ4n) is 5.06. The van der Waals surface area contributed by atoms with E-state index in [2.05, 4.69) is 11.0 Å². The van der Waals surface area contributed by atoms with E-state index < -0.39 is 5.67 Å². The maximum atomic E-state index is 13.9. The maximum Gasteiger partial charge on any atom is 0.253 e. The lowest BCUT2D eigenvalue weighted by atomic mass is 9.96. The van der Waals surface area contributed by atoms with Crippen molar-refractivity contribution in [1.82, 2.24) is 9.80 Å². The Morgan fingerprint density at radius 1 is 1.03 bits per heavy atom. The molecule has 2 aliphatic rings. The Labute approximate surface area is 208 Å². The normalized spacial score (nSPS) is 17.7. The number of piperidine rings is 2. The zero-order valence-electron chi connectivity index (χ0n) is 20.9. The van der Waals surface area contributed by atoms with Gasteiger partial charge in [-0.3, -0.25) is 4.79 Å². The molecule has 0 aliphatic carbocycles. The molecule has 0 unspecified atom stereocenters. The lowest BCUT2D eigenvalue weighted by molar-refractivity contribution is 0.0724. The Kier molecular flexibility index (Phi) is 8.07. The number of amides is 1. The van der Waals surface area contributed by atoms with Crippen molar-refractivity contribution < 1.29 is 13.9 Å². The van der Waals surface area contributed by atoms with Crippen LogP contribution in [0.5, 0.6) is 5.75 Å².